The van der Waals surface area contributed by atoms with Gasteiger partial charge in [-0.05, 0) is 24.6 Å². The number of nitrogens with zero attached hydrogens (tertiary/aromatic N) is 1. The molecule has 0 bridgehead atoms. The predicted molar refractivity (Wildman–Crippen MR) is 68.4 cm³/mol. The van der Waals surface area contributed by atoms with Gasteiger partial charge in [-0.2, -0.15) is 5.26 Å². The Morgan fingerprint density at radius 2 is 2.16 bits per heavy atom. The Kier molecular flexibility index (Phi) is 5.30. The molecule has 19 heavy (non-hydrogen) atoms. The van der Waals surface area contributed by atoms with E-state index in [9.17, 15) is 13.2 Å². The summed E-state index contributed by atoms with van der Waals surface area (Å²) in [6.07, 6.45) is 0.651. The first kappa shape index (κ1) is 15.4. The van der Waals surface area contributed by atoms with Gasteiger partial charge in [-0.3, -0.25) is 0 Å². The average molecular weight is 303 g/mol. The fourth-order valence-electron chi connectivity index (χ4n) is 1.29. The molecule has 1 aromatic rings. The molecule has 6 nitrogen and oxygen atoms in total. The largest absolute Gasteiger partial charge is 0.478 e. The standard InChI is InChI=1S/C11H11ClN2O4S/c12-10-7-8(3-4-9(10)11(15)16)19(17,18)14-6-2-1-5-13/h3-4,7,14H,1-2,6H2,(H,15,16). The normalized spacial score (nSPS) is 10.9. The van der Waals surface area contributed by atoms with Crippen LogP contribution in [-0.4, -0.2) is 26.0 Å². The molecule has 1 rings (SSSR count). The second-order valence-corrected chi connectivity index (χ2v) is 5.78. The Morgan fingerprint density at radius 1 is 1.47 bits per heavy atom. The van der Waals surface area contributed by atoms with Gasteiger partial charge < -0.3 is 5.11 Å². The van der Waals surface area contributed by atoms with Crippen molar-refractivity contribution in [1.82, 2.24) is 4.72 Å². The molecule has 102 valence electrons. The van der Waals surface area contributed by atoms with Crippen molar-refractivity contribution >= 4 is 27.6 Å². The number of aromatic carboxylic acids is 1. The summed E-state index contributed by atoms with van der Waals surface area (Å²) in [6, 6.07) is 5.28. The molecule has 0 amide bonds. The maximum absolute atomic E-state index is 11.8. The lowest BCUT2D eigenvalue weighted by Crippen LogP contribution is -2.24. The topological polar surface area (TPSA) is 107 Å². The molecule has 1 aromatic carbocycles. The van der Waals surface area contributed by atoms with Gasteiger partial charge in [0.25, 0.3) is 0 Å². The Balaban J connectivity index is 2.88. The van der Waals surface area contributed by atoms with Crippen LogP contribution in [0.3, 0.4) is 0 Å². The van der Waals surface area contributed by atoms with Gasteiger partial charge in [0.15, 0.2) is 0 Å². The molecule has 0 aromatic heterocycles. The van der Waals surface area contributed by atoms with Crippen molar-refractivity contribution in [2.24, 2.45) is 0 Å². The van der Waals surface area contributed by atoms with Crippen LogP contribution in [0.1, 0.15) is 23.2 Å². The van der Waals surface area contributed by atoms with E-state index in [1.807, 2.05) is 6.07 Å². The minimum Gasteiger partial charge on any atom is -0.478 e. The number of rotatable bonds is 6. The lowest BCUT2D eigenvalue weighted by Gasteiger charge is -2.07. The number of hydrogen-bond acceptors (Lipinski definition) is 4. The highest BCUT2D eigenvalue weighted by Gasteiger charge is 2.17. The zero-order valence-corrected chi connectivity index (χ0v) is 11.3. The molecule has 2 N–H and O–H groups in total. The zero-order chi connectivity index (χ0) is 14.5. The second-order valence-electron chi connectivity index (χ2n) is 3.61. The lowest BCUT2D eigenvalue weighted by molar-refractivity contribution is 0.0697. The Morgan fingerprint density at radius 3 is 2.68 bits per heavy atom. The van der Waals surface area contributed by atoms with Crippen LogP contribution >= 0.6 is 11.6 Å². The molecule has 0 aliphatic rings. The van der Waals surface area contributed by atoms with Crippen LogP contribution in [0.25, 0.3) is 0 Å². The smallest absolute Gasteiger partial charge is 0.337 e. The Hall–Kier alpha value is -1.62. The third kappa shape index (κ3) is 4.21. The van der Waals surface area contributed by atoms with E-state index in [0.29, 0.717) is 6.42 Å². The van der Waals surface area contributed by atoms with E-state index in [1.54, 1.807) is 0 Å². The number of hydrogen-bond donors (Lipinski definition) is 2. The van der Waals surface area contributed by atoms with E-state index in [-0.39, 0.29) is 28.4 Å². The molecular formula is C11H11ClN2O4S. The minimum absolute atomic E-state index is 0.112. The summed E-state index contributed by atoms with van der Waals surface area (Å²) in [4.78, 5) is 10.6. The molecule has 0 saturated carbocycles. The Bertz CT molecular complexity index is 622. The molecule has 0 aliphatic carbocycles. The molecule has 0 aliphatic heterocycles. The number of nitrogens with one attached hydrogen (secondary N) is 1. The summed E-state index contributed by atoms with van der Waals surface area (Å²) in [7, 11) is -3.74. The van der Waals surface area contributed by atoms with Gasteiger partial charge in [0.2, 0.25) is 10.0 Å². The molecule has 0 unspecified atom stereocenters. The Labute approximate surface area is 115 Å². The minimum atomic E-state index is -3.74. The van der Waals surface area contributed by atoms with Crippen LogP contribution < -0.4 is 4.72 Å². The highest BCUT2D eigenvalue weighted by molar-refractivity contribution is 7.89. The quantitative estimate of drug-likeness (QED) is 0.776. The SMILES string of the molecule is N#CCCCNS(=O)(=O)c1ccc(C(=O)O)c(Cl)c1. The molecule has 0 saturated heterocycles. The van der Waals surface area contributed by atoms with Crippen LogP contribution in [0, 0.1) is 11.3 Å². The van der Waals surface area contributed by atoms with Crippen molar-refractivity contribution in [3.05, 3.63) is 28.8 Å². The number of carboxylic acid groups (broad SMARTS) is 1. The van der Waals surface area contributed by atoms with Crippen molar-refractivity contribution in [1.29, 1.82) is 5.26 Å². The lowest BCUT2D eigenvalue weighted by atomic mass is 10.2. The first-order valence-corrected chi connectivity index (χ1v) is 7.14. The first-order chi connectivity index (χ1) is 8.88. The number of halogens is 1. The van der Waals surface area contributed by atoms with E-state index < -0.39 is 16.0 Å². The first-order valence-electron chi connectivity index (χ1n) is 5.28. The van der Waals surface area contributed by atoms with Gasteiger partial charge in [0.1, 0.15) is 0 Å². The van der Waals surface area contributed by atoms with Crippen LogP contribution in [0.15, 0.2) is 23.1 Å². The zero-order valence-electron chi connectivity index (χ0n) is 9.76. The maximum atomic E-state index is 11.8. The number of carboxylic acids is 1. The van der Waals surface area contributed by atoms with E-state index in [4.69, 9.17) is 22.0 Å². The van der Waals surface area contributed by atoms with Gasteiger partial charge in [-0.15, -0.1) is 0 Å². The summed E-state index contributed by atoms with van der Waals surface area (Å²) < 4.78 is 26.0. The van der Waals surface area contributed by atoms with Gasteiger partial charge in [0.05, 0.1) is 21.6 Å². The van der Waals surface area contributed by atoms with Crippen LogP contribution in [-0.2, 0) is 10.0 Å². The highest BCUT2D eigenvalue weighted by atomic mass is 35.5. The summed E-state index contributed by atoms with van der Waals surface area (Å²) in [5.41, 5.74) is -0.162. The third-order valence-electron chi connectivity index (χ3n) is 2.24. The summed E-state index contributed by atoms with van der Waals surface area (Å²) in [5.74, 6) is -1.23. The third-order valence-corrected chi connectivity index (χ3v) is 4.01. The van der Waals surface area contributed by atoms with Crippen molar-refractivity contribution < 1.29 is 18.3 Å². The molecule has 0 atom stereocenters. The predicted octanol–water partition coefficient (Wildman–Crippen LogP) is 1.62. The van der Waals surface area contributed by atoms with E-state index in [1.165, 1.54) is 6.07 Å². The van der Waals surface area contributed by atoms with Crippen LogP contribution in [0.4, 0.5) is 0 Å². The van der Waals surface area contributed by atoms with E-state index >= 15 is 0 Å². The highest BCUT2D eigenvalue weighted by Crippen LogP contribution is 2.20. The molecule has 0 fully saturated rings. The summed E-state index contributed by atoms with van der Waals surface area (Å²) in [6.45, 7) is 0.133. The number of sulfonamides is 1. The number of carbonyl (C=O) groups is 1. The fraction of sp³-hybridized carbons (Fsp3) is 0.273. The van der Waals surface area contributed by atoms with E-state index in [0.717, 1.165) is 12.1 Å². The van der Waals surface area contributed by atoms with Gasteiger partial charge in [0, 0.05) is 13.0 Å². The van der Waals surface area contributed by atoms with Gasteiger partial charge in [-0.25, -0.2) is 17.9 Å². The van der Waals surface area contributed by atoms with Crippen LogP contribution in [0.5, 0.6) is 0 Å². The van der Waals surface area contributed by atoms with Crippen molar-refractivity contribution in [2.75, 3.05) is 6.54 Å². The number of nitriles is 1. The van der Waals surface area contributed by atoms with E-state index in [2.05, 4.69) is 4.72 Å². The van der Waals surface area contributed by atoms with Gasteiger partial charge in [-0.1, -0.05) is 11.6 Å². The summed E-state index contributed by atoms with van der Waals surface area (Å²) in [5, 5.41) is 17.0. The second kappa shape index (κ2) is 6.52. The van der Waals surface area contributed by atoms with Crippen molar-refractivity contribution in [3.63, 3.8) is 0 Å². The maximum Gasteiger partial charge on any atom is 0.337 e. The van der Waals surface area contributed by atoms with Crippen LogP contribution in [0.2, 0.25) is 5.02 Å². The monoisotopic (exact) mass is 302 g/mol. The molecule has 0 radical (unpaired) electrons. The van der Waals surface area contributed by atoms with Gasteiger partial charge >= 0.3 is 5.97 Å². The number of benzene rings is 1. The molecule has 8 heteroatoms. The average Bonchev–Trinajstić information content (AvgIpc) is 2.34. The van der Waals surface area contributed by atoms with Crippen molar-refractivity contribution in [3.8, 4) is 6.07 Å². The molecular weight excluding hydrogens is 292 g/mol. The molecule has 0 heterocycles. The summed E-state index contributed by atoms with van der Waals surface area (Å²) >= 11 is 5.70. The number of unbranched alkanes of at least 4 members (excludes halogenated alkanes) is 1. The molecule has 0 spiro atoms. The fourth-order valence-corrected chi connectivity index (χ4v) is 2.72. The van der Waals surface area contributed by atoms with Crippen molar-refractivity contribution in [2.45, 2.75) is 17.7 Å².